The number of nitrogens with one attached hydrogen (secondary N) is 2. The molecule has 0 spiro atoms. The molecule has 0 radical (unpaired) electrons. The van der Waals surface area contributed by atoms with E-state index in [1.54, 1.807) is 0 Å². The Bertz CT molecular complexity index is 393. The van der Waals surface area contributed by atoms with Gasteiger partial charge in [0.05, 0.1) is 5.69 Å². The van der Waals surface area contributed by atoms with E-state index < -0.39 is 0 Å². The van der Waals surface area contributed by atoms with Gasteiger partial charge in [-0.15, -0.1) is 0 Å². The summed E-state index contributed by atoms with van der Waals surface area (Å²) in [5.74, 6) is 6.02. The molecule has 0 atom stereocenters. The smallest absolute Gasteiger partial charge is 0.205 e. The summed E-state index contributed by atoms with van der Waals surface area (Å²) in [6.45, 7) is 9.76. The average molecular weight is 252 g/mol. The van der Waals surface area contributed by atoms with Crippen molar-refractivity contribution in [2.24, 2.45) is 10.8 Å². The lowest BCUT2D eigenvalue weighted by molar-refractivity contribution is 0.566. The highest BCUT2D eigenvalue weighted by atomic mass is 15.3. The molecular formula is C12H24N6. The lowest BCUT2D eigenvalue weighted by Crippen LogP contribution is -2.44. The molecule has 0 saturated heterocycles. The van der Waals surface area contributed by atoms with Crippen LogP contribution in [0.1, 0.15) is 31.7 Å². The number of rotatable bonds is 5. The maximum Gasteiger partial charge on any atom is 0.205 e. The Morgan fingerprint density at radius 2 is 2.22 bits per heavy atom. The number of aliphatic imine (C=N–C) groups is 1. The van der Waals surface area contributed by atoms with Gasteiger partial charge in [-0.25, -0.2) is 5.84 Å². The highest BCUT2D eigenvalue weighted by Gasteiger charge is 2.01. The molecule has 0 unspecified atom stereocenters. The summed E-state index contributed by atoms with van der Waals surface area (Å²) in [7, 11) is 0. The van der Waals surface area contributed by atoms with Crippen LogP contribution in [-0.4, -0.2) is 28.3 Å². The molecule has 1 rings (SSSR count). The Morgan fingerprint density at radius 3 is 2.72 bits per heavy atom. The molecule has 102 valence electrons. The van der Waals surface area contributed by atoms with Gasteiger partial charge in [0.2, 0.25) is 5.96 Å². The second-order valence-electron chi connectivity index (χ2n) is 4.68. The molecule has 0 aromatic carbocycles. The van der Waals surface area contributed by atoms with Crippen LogP contribution in [-0.2, 0) is 6.54 Å². The summed E-state index contributed by atoms with van der Waals surface area (Å²) in [5.41, 5.74) is 4.81. The van der Waals surface area contributed by atoms with Gasteiger partial charge in [0.1, 0.15) is 0 Å². The van der Waals surface area contributed by atoms with E-state index in [9.17, 15) is 0 Å². The third-order valence-electron chi connectivity index (χ3n) is 2.46. The molecule has 6 heteroatoms. The first-order valence-corrected chi connectivity index (χ1v) is 6.31. The molecule has 6 nitrogen and oxygen atoms in total. The van der Waals surface area contributed by atoms with Gasteiger partial charge in [-0.05, 0) is 40.2 Å². The predicted octanol–water partition coefficient (Wildman–Crippen LogP) is 0.707. The van der Waals surface area contributed by atoms with Crippen molar-refractivity contribution in [2.45, 2.75) is 46.7 Å². The summed E-state index contributed by atoms with van der Waals surface area (Å²) in [4.78, 5) is 4.36. The molecule has 1 aromatic rings. The van der Waals surface area contributed by atoms with Crippen LogP contribution >= 0.6 is 0 Å². The number of hydrogen-bond donors (Lipinski definition) is 3. The summed E-state index contributed by atoms with van der Waals surface area (Å²) in [6.07, 6.45) is 0.937. The first-order chi connectivity index (χ1) is 8.52. The van der Waals surface area contributed by atoms with Crippen LogP contribution in [0.4, 0.5) is 0 Å². The zero-order valence-corrected chi connectivity index (χ0v) is 11.7. The maximum absolute atomic E-state index is 5.38. The van der Waals surface area contributed by atoms with Gasteiger partial charge >= 0.3 is 0 Å². The van der Waals surface area contributed by atoms with Crippen molar-refractivity contribution in [3.63, 3.8) is 0 Å². The average Bonchev–Trinajstić information content (AvgIpc) is 2.61. The zero-order chi connectivity index (χ0) is 13.5. The normalized spacial score (nSPS) is 12.0. The fourth-order valence-corrected chi connectivity index (χ4v) is 1.72. The van der Waals surface area contributed by atoms with E-state index in [2.05, 4.69) is 33.8 Å². The summed E-state index contributed by atoms with van der Waals surface area (Å²) in [5, 5.41) is 7.54. The first-order valence-electron chi connectivity index (χ1n) is 6.31. The van der Waals surface area contributed by atoms with Crippen molar-refractivity contribution in [2.75, 3.05) is 6.54 Å². The second kappa shape index (κ2) is 7.00. The minimum absolute atomic E-state index is 0.316. The minimum Gasteiger partial charge on any atom is -0.353 e. The molecule has 0 fully saturated rings. The van der Waals surface area contributed by atoms with E-state index in [-0.39, 0.29) is 0 Å². The Balaban J connectivity index is 2.37. The van der Waals surface area contributed by atoms with Crippen molar-refractivity contribution in [1.82, 2.24) is 20.5 Å². The van der Waals surface area contributed by atoms with Gasteiger partial charge in [-0.2, -0.15) is 5.10 Å². The molecule has 4 N–H and O–H groups in total. The third-order valence-corrected chi connectivity index (χ3v) is 2.46. The molecule has 0 saturated carbocycles. The summed E-state index contributed by atoms with van der Waals surface area (Å²) < 4.78 is 2.01. The van der Waals surface area contributed by atoms with Gasteiger partial charge < -0.3 is 5.32 Å². The van der Waals surface area contributed by atoms with Gasteiger partial charge in [-0.1, -0.05) is 0 Å². The van der Waals surface area contributed by atoms with E-state index in [0.29, 0.717) is 12.0 Å². The van der Waals surface area contributed by atoms with Crippen molar-refractivity contribution >= 4 is 5.96 Å². The van der Waals surface area contributed by atoms with Crippen molar-refractivity contribution < 1.29 is 0 Å². The topological polar surface area (TPSA) is 80.3 Å². The summed E-state index contributed by atoms with van der Waals surface area (Å²) in [6, 6.07) is 2.40. The second-order valence-corrected chi connectivity index (χ2v) is 4.68. The SMILES string of the molecule is Cc1cc(C)n(CCCN=C(NN)NC(C)C)n1. The quantitative estimate of drug-likeness (QED) is 0.237. The minimum atomic E-state index is 0.316. The van der Waals surface area contributed by atoms with Crippen LogP contribution in [0.25, 0.3) is 0 Å². The molecule has 1 heterocycles. The molecule has 0 aliphatic heterocycles. The predicted molar refractivity (Wildman–Crippen MR) is 74.2 cm³/mol. The van der Waals surface area contributed by atoms with E-state index in [4.69, 9.17) is 5.84 Å². The number of hydrazine groups is 1. The van der Waals surface area contributed by atoms with Crippen LogP contribution in [0.2, 0.25) is 0 Å². The number of aryl methyl sites for hydroxylation is 3. The lowest BCUT2D eigenvalue weighted by atomic mass is 10.4. The van der Waals surface area contributed by atoms with Crippen LogP contribution in [0, 0.1) is 13.8 Å². The molecule has 0 aliphatic carbocycles. The standard InChI is InChI=1S/C12H24N6/c1-9(2)15-12(16-13)14-6-5-7-18-11(4)8-10(3)17-18/h8-9H,5-7,13H2,1-4H3,(H2,14,15,16). The van der Waals surface area contributed by atoms with Crippen LogP contribution in [0.15, 0.2) is 11.1 Å². The Labute approximate surface area is 109 Å². The fraction of sp³-hybridized carbons (Fsp3) is 0.667. The Kier molecular flexibility index (Phi) is 5.64. The number of hydrogen-bond acceptors (Lipinski definition) is 3. The molecular weight excluding hydrogens is 228 g/mol. The Hall–Kier alpha value is -1.56. The van der Waals surface area contributed by atoms with Crippen LogP contribution < -0.4 is 16.6 Å². The molecule has 1 aromatic heterocycles. The number of aromatic nitrogens is 2. The molecule has 0 aliphatic rings. The van der Waals surface area contributed by atoms with E-state index in [1.165, 1.54) is 5.69 Å². The van der Waals surface area contributed by atoms with Gasteiger partial charge in [0.25, 0.3) is 0 Å². The van der Waals surface area contributed by atoms with E-state index in [1.807, 2.05) is 25.5 Å². The first kappa shape index (κ1) is 14.5. The number of nitrogens with two attached hydrogens (primary N) is 1. The highest BCUT2D eigenvalue weighted by molar-refractivity contribution is 5.79. The van der Waals surface area contributed by atoms with Crippen molar-refractivity contribution in [3.8, 4) is 0 Å². The van der Waals surface area contributed by atoms with Gasteiger partial charge in [0, 0.05) is 24.8 Å². The molecule has 0 amide bonds. The van der Waals surface area contributed by atoms with E-state index >= 15 is 0 Å². The van der Waals surface area contributed by atoms with Gasteiger partial charge in [-0.3, -0.25) is 15.1 Å². The van der Waals surface area contributed by atoms with Crippen LogP contribution in [0.5, 0.6) is 0 Å². The van der Waals surface area contributed by atoms with Crippen molar-refractivity contribution in [1.29, 1.82) is 0 Å². The third kappa shape index (κ3) is 4.75. The molecule has 18 heavy (non-hydrogen) atoms. The van der Waals surface area contributed by atoms with Crippen LogP contribution in [0.3, 0.4) is 0 Å². The number of nitrogens with zero attached hydrogens (tertiary/aromatic N) is 3. The summed E-state index contributed by atoms with van der Waals surface area (Å²) >= 11 is 0. The maximum atomic E-state index is 5.38. The monoisotopic (exact) mass is 252 g/mol. The van der Waals surface area contributed by atoms with E-state index in [0.717, 1.165) is 25.2 Å². The molecule has 0 bridgehead atoms. The fourth-order valence-electron chi connectivity index (χ4n) is 1.72. The zero-order valence-electron chi connectivity index (χ0n) is 11.7. The van der Waals surface area contributed by atoms with Crippen molar-refractivity contribution in [3.05, 3.63) is 17.5 Å². The highest BCUT2D eigenvalue weighted by Crippen LogP contribution is 2.02. The van der Waals surface area contributed by atoms with Gasteiger partial charge in [0.15, 0.2) is 0 Å². The number of guanidine groups is 1. The Morgan fingerprint density at radius 1 is 1.50 bits per heavy atom. The largest absolute Gasteiger partial charge is 0.353 e. The lowest BCUT2D eigenvalue weighted by Gasteiger charge is -2.11.